The standard InChI is InChI=1S/C17H25N3O/c18-14-6-7-15-13(12-14)4-3-5-16(15)19-17(21)8-11-20-9-1-2-10-20/h6-7,12,16H,1-5,8-11,18H2,(H,19,21). The summed E-state index contributed by atoms with van der Waals surface area (Å²) in [6, 6.07) is 6.24. The zero-order valence-electron chi connectivity index (χ0n) is 12.6. The lowest BCUT2D eigenvalue weighted by Crippen LogP contribution is -2.33. The molecule has 114 valence electrons. The lowest BCUT2D eigenvalue weighted by atomic mass is 9.87. The Morgan fingerprint density at radius 3 is 2.90 bits per heavy atom. The summed E-state index contributed by atoms with van der Waals surface area (Å²) < 4.78 is 0. The Balaban J connectivity index is 1.56. The highest BCUT2D eigenvalue weighted by molar-refractivity contribution is 5.76. The van der Waals surface area contributed by atoms with Crippen LogP contribution in [-0.4, -0.2) is 30.4 Å². The van der Waals surface area contributed by atoms with Crippen LogP contribution in [0.5, 0.6) is 0 Å². The molecule has 1 atom stereocenters. The molecular formula is C17H25N3O. The summed E-state index contributed by atoms with van der Waals surface area (Å²) in [5, 5.41) is 3.21. The van der Waals surface area contributed by atoms with Crippen LogP contribution in [0.3, 0.4) is 0 Å². The van der Waals surface area contributed by atoms with Crippen molar-refractivity contribution < 1.29 is 4.79 Å². The third kappa shape index (κ3) is 3.56. The molecule has 0 aromatic heterocycles. The van der Waals surface area contributed by atoms with Crippen LogP contribution in [0.2, 0.25) is 0 Å². The average molecular weight is 287 g/mol. The maximum absolute atomic E-state index is 12.2. The van der Waals surface area contributed by atoms with Crippen molar-refractivity contribution in [2.24, 2.45) is 0 Å². The van der Waals surface area contributed by atoms with Crippen LogP contribution in [0, 0.1) is 0 Å². The number of nitrogens with zero attached hydrogens (tertiary/aromatic N) is 1. The fourth-order valence-electron chi connectivity index (χ4n) is 3.52. The molecule has 1 aromatic rings. The minimum atomic E-state index is 0.167. The minimum absolute atomic E-state index is 0.167. The number of benzene rings is 1. The molecule has 1 unspecified atom stereocenters. The Morgan fingerprint density at radius 1 is 1.29 bits per heavy atom. The molecule has 3 rings (SSSR count). The maximum Gasteiger partial charge on any atom is 0.221 e. The molecule has 0 spiro atoms. The van der Waals surface area contributed by atoms with Gasteiger partial charge in [-0.25, -0.2) is 0 Å². The van der Waals surface area contributed by atoms with Gasteiger partial charge in [-0.05, 0) is 68.5 Å². The van der Waals surface area contributed by atoms with Crippen LogP contribution >= 0.6 is 0 Å². The number of carbonyl (C=O) groups excluding carboxylic acids is 1. The van der Waals surface area contributed by atoms with Crippen molar-refractivity contribution in [3.05, 3.63) is 29.3 Å². The summed E-state index contributed by atoms with van der Waals surface area (Å²) in [4.78, 5) is 14.6. The van der Waals surface area contributed by atoms with Gasteiger partial charge < -0.3 is 16.0 Å². The number of hydrogen-bond acceptors (Lipinski definition) is 3. The number of carbonyl (C=O) groups is 1. The van der Waals surface area contributed by atoms with Crippen LogP contribution in [0.4, 0.5) is 5.69 Å². The molecule has 4 heteroatoms. The molecule has 1 saturated heterocycles. The van der Waals surface area contributed by atoms with Gasteiger partial charge >= 0.3 is 0 Å². The highest BCUT2D eigenvalue weighted by Gasteiger charge is 2.22. The second-order valence-corrected chi connectivity index (χ2v) is 6.27. The van der Waals surface area contributed by atoms with Gasteiger partial charge in [-0.2, -0.15) is 0 Å². The number of rotatable bonds is 4. The Labute approximate surface area is 126 Å². The van der Waals surface area contributed by atoms with Gasteiger partial charge in [-0.1, -0.05) is 6.07 Å². The zero-order chi connectivity index (χ0) is 14.7. The van der Waals surface area contributed by atoms with E-state index in [4.69, 9.17) is 5.73 Å². The van der Waals surface area contributed by atoms with E-state index in [-0.39, 0.29) is 11.9 Å². The van der Waals surface area contributed by atoms with Crippen molar-refractivity contribution in [1.82, 2.24) is 10.2 Å². The van der Waals surface area contributed by atoms with Gasteiger partial charge in [0.05, 0.1) is 6.04 Å². The molecule has 1 aromatic carbocycles. The van der Waals surface area contributed by atoms with E-state index >= 15 is 0 Å². The predicted octanol–water partition coefficient (Wildman–Crippen LogP) is 2.25. The van der Waals surface area contributed by atoms with Crippen molar-refractivity contribution >= 4 is 11.6 Å². The molecule has 1 amide bonds. The maximum atomic E-state index is 12.2. The summed E-state index contributed by atoms with van der Waals surface area (Å²) in [7, 11) is 0. The van der Waals surface area contributed by atoms with Gasteiger partial charge in [-0.15, -0.1) is 0 Å². The molecule has 1 aliphatic heterocycles. The summed E-state index contributed by atoms with van der Waals surface area (Å²) in [6.45, 7) is 3.20. The number of likely N-dealkylation sites (tertiary alicyclic amines) is 1. The second-order valence-electron chi connectivity index (χ2n) is 6.27. The smallest absolute Gasteiger partial charge is 0.221 e. The molecule has 3 N–H and O–H groups in total. The molecule has 21 heavy (non-hydrogen) atoms. The van der Waals surface area contributed by atoms with Crippen LogP contribution in [0.1, 0.15) is 49.3 Å². The number of nitrogen functional groups attached to an aromatic ring is 1. The van der Waals surface area contributed by atoms with E-state index in [1.807, 2.05) is 6.07 Å². The normalized spacial score (nSPS) is 22.0. The van der Waals surface area contributed by atoms with Gasteiger partial charge in [0.1, 0.15) is 0 Å². The molecule has 0 bridgehead atoms. The largest absolute Gasteiger partial charge is 0.399 e. The van der Waals surface area contributed by atoms with Crippen molar-refractivity contribution in [3.63, 3.8) is 0 Å². The number of amides is 1. The van der Waals surface area contributed by atoms with E-state index in [2.05, 4.69) is 22.3 Å². The number of nitrogens with one attached hydrogen (secondary N) is 1. The number of nitrogens with two attached hydrogens (primary N) is 1. The van der Waals surface area contributed by atoms with Crippen molar-refractivity contribution in [2.75, 3.05) is 25.4 Å². The van der Waals surface area contributed by atoms with E-state index in [0.717, 1.165) is 44.6 Å². The topological polar surface area (TPSA) is 58.4 Å². The first kappa shape index (κ1) is 14.4. The van der Waals surface area contributed by atoms with Gasteiger partial charge in [0, 0.05) is 18.7 Å². The number of fused-ring (bicyclic) bond motifs is 1. The first-order chi connectivity index (χ1) is 10.2. The van der Waals surface area contributed by atoms with Gasteiger partial charge in [0.15, 0.2) is 0 Å². The zero-order valence-corrected chi connectivity index (χ0v) is 12.6. The van der Waals surface area contributed by atoms with Crippen molar-refractivity contribution in [2.45, 2.75) is 44.6 Å². The fourth-order valence-corrected chi connectivity index (χ4v) is 3.52. The van der Waals surface area contributed by atoms with E-state index < -0.39 is 0 Å². The molecule has 1 aliphatic carbocycles. The Hall–Kier alpha value is -1.55. The fraction of sp³-hybridized carbons (Fsp3) is 0.588. The van der Waals surface area contributed by atoms with Gasteiger partial charge in [0.2, 0.25) is 5.91 Å². The lowest BCUT2D eigenvalue weighted by Gasteiger charge is -2.27. The summed E-state index contributed by atoms with van der Waals surface area (Å²) in [5.41, 5.74) is 9.22. The van der Waals surface area contributed by atoms with E-state index in [0.29, 0.717) is 6.42 Å². The van der Waals surface area contributed by atoms with E-state index in [1.54, 1.807) is 0 Å². The van der Waals surface area contributed by atoms with Crippen molar-refractivity contribution in [1.29, 1.82) is 0 Å². The third-order valence-electron chi connectivity index (χ3n) is 4.67. The average Bonchev–Trinajstić information content (AvgIpc) is 2.98. The minimum Gasteiger partial charge on any atom is -0.399 e. The number of aryl methyl sites for hydroxylation is 1. The summed E-state index contributed by atoms with van der Waals surface area (Å²) >= 11 is 0. The van der Waals surface area contributed by atoms with Crippen LogP contribution in [-0.2, 0) is 11.2 Å². The van der Waals surface area contributed by atoms with E-state index in [9.17, 15) is 4.79 Å². The molecule has 4 nitrogen and oxygen atoms in total. The highest BCUT2D eigenvalue weighted by Crippen LogP contribution is 2.31. The molecule has 1 heterocycles. The first-order valence-corrected chi connectivity index (χ1v) is 8.12. The van der Waals surface area contributed by atoms with Crippen molar-refractivity contribution in [3.8, 4) is 0 Å². The highest BCUT2D eigenvalue weighted by atomic mass is 16.1. The quantitative estimate of drug-likeness (QED) is 0.835. The molecule has 1 fully saturated rings. The Bertz CT molecular complexity index is 509. The van der Waals surface area contributed by atoms with Gasteiger partial charge in [-0.3, -0.25) is 4.79 Å². The number of anilines is 1. The predicted molar refractivity (Wildman–Crippen MR) is 85.0 cm³/mol. The van der Waals surface area contributed by atoms with Crippen LogP contribution < -0.4 is 11.1 Å². The lowest BCUT2D eigenvalue weighted by molar-refractivity contribution is -0.122. The molecular weight excluding hydrogens is 262 g/mol. The Morgan fingerprint density at radius 2 is 2.10 bits per heavy atom. The SMILES string of the molecule is Nc1ccc2c(c1)CCCC2NC(=O)CCN1CCCC1. The monoisotopic (exact) mass is 287 g/mol. The summed E-state index contributed by atoms with van der Waals surface area (Å²) in [6.07, 6.45) is 6.39. The first-order valence-electron chi connectivity index (χ1n) is 8.12. The van der Waals surface area contributed by atoms with E-state index in [1.165, 1.54) is 24.0 Å². The van der Waals surface area contributed by atoms with Crippen LogP contribution in [0.25, 0.3) is 0 Å². The molecule has 0 radical (unpaired) electrons. The van der Waals surface area contributed by atoms with Gasteiger partial charge in [0.25, 0.3) is 0 Å². The molecule has 0 saturated carbocycles. The third-order valence-corrected chi connectivity index (χ3v) is 4.67. The Kier molecular flexibility index (Phi) is 4.44. The second kappa shape index (κ2) is 6.48. The molecule has 2 aliphatic rings. The summed E-state index contributed by atoms with van der Waals surface area (Å²) in [5.74, 6) is 0.177. The number of hydrogen-bond donors (Lipinski definition) is 2. The van der Waals surface area contributed by atoms with Crippen LogP contribution in [0.15, 0.2) is 18.2 Å².